The van der Waals surface area contributed by atoms with Gasteiger partial charge in [0.2, 0.25) is 5.28 Å². The Morgan fingerprint density at radius 1 is 1.58 bits per heavy atom. The van der Waals surface area contributed by atoms with Crippen LogP contribution in [0.1, 0.15) is 12.8 Å². The molecular weight excluding hydrogens is 288 g/mol. The average molecular weight is 296 g/mol. The van der Waals surface area contributed by atoms with Gasteiger partial charge in [0.25, 0.3) is 0 Å². The summed E-state index contributed by atoms with van der Waals surface area (Å²) in [4.78, 5) is 7.96. The van der Waals surface area contributed by atoms with Crippen molar-refractivity contribution in [3.05, 3.63) is 15.1 Å². The quantitative estimate of drug-likeness (QED) is 0.672. The molecule has 1 fully saturated rings. The van der Waals surface area contributed by atoms with E-state index in [1.54, 1.807) is 6.20 Å². The zero-order valence-corrected chi connectivity index (χ0v) is 9.13. The number of aromatic nitrogens is 2. The van der Waals surface area contributed by atoms with Crippen molar-refractivity contribution in [2.24, 2.45) is 0 Å². The molecule has 0 aliphatic heterocycles. The lowest BCUT2D eigenvalue weighted by Gasteiger charge is -2.04. The Kier molecular flexibility index (Phi) is 2.36. The number of rotatable bonds is 2. The van der Waals surface area contributed by atoms with E-state index in [2.05, 4.69) is 37.9 Å². The van der Waals surface area contributed by atoms with E-state index in [9.17, 15) is 0 Å². The highest BCUT2D eigenvalue weighted by molar-refractivity contribution is 14.1. The summed E-state index contributed by atoms with van der Waals surface area (Å²) in [7, 11) is 0. The first-order valence-corrected chi connectivity index (χ1v) is 5.16. The van der Waals surface area contributed by atoms with Gasteiger partial charge in [0.1, 0.15) is 5.82 Å². The second-order valence-corrected chi connectivity index (χ2v) is 4.25. The van der Waals surface area contributed by atoms with Crippen molar-refractivity contribution in [2.75, 3.05) is 5.32 Å². The Labute approximate surface area is 89.1 Å². The Bertz CT molecular complexity index is 301. The fourth-order valence-corrected chi connectivity index (χ4v) is 1.42. The van der Waals surface area contributed by atoms with E-state index in [0.717, 1.165) is 9.39 Å². The van der Waals surface area contributed by atoms with Gasteiger partial charge in [-0.2, -0.15) is 4.98 Å². The summed E-state index contributed by atoms with van der Waals surface area (Å²) in [5, 5.41) is 3.59. The van der Waals surface area contributed by atoms with Crippen molar-refractivity contribution < 1.29 is 0 Å². The van der Waals surface area contributed by atoms with Crippen LogP contribution in [-0.2, 0) is 0 Å². The predicted octanol–water partition coefficient (Wildman–Crippen LogP) is 2.31. The standard InChI is InChI=1S/C7H7ClIN3/c8-7-10-3-5(9)6(12-7)11-4-1-2-4/h3-4H,1-2H2,(H,10,11,12). The molecule has 1 aliphatic rings. The molecule has 64 valence electrons. The van der Waals surface area contributed by atoms with E-state index in [1.165, 1.54) is 12.8 Å². The van der Waals surface area contributed by atoms with Gasteiger partial charge >= 0.3 is 0 Å². The second-order valence-electron chi connectivity index (χ2n) is 2.75. The molecule has 12 heavy (non-hydrogen) atoms. The number of anilines is 1. The van der Waals surface area contributed by atoms with Crippen molar-refractivity contribution in [2.45, 2.75) is 18.9 Å². The molecule has 0 saturated heterocycles. The van der Waals surface area contributed by atoms with Gasteiger partial charge in [-0.25, -0.2) is 4.98 Å². The molecule has 0 aromatic carbocycles. The minimum absolute atomic E-state index is 0.304. The molecule has 1 N–H and O–H groups in total. The van der Waals surface area contributed by atoms with Crippen molar-refractivity contribution >= 4 is 40.0 Å². The highest BCUT2D eigenvalue weighted by Crippen LogP contribution is 2.26. The summed E-state index contributed by atoms with van der Waals surface area (Å²) in [6.45, 7) is 0. The van der Waals surface area contributed by atoms with Crippen LogP contribution in [-0.4, -0.2) is 16.0 Å². The van der Waals surface area contributed by atoms with E-state index in [1.807, 2.05) is 0 Å². The van der Waals surface area contributed by atoms with E-state index >= 15 is 0 Å². The largest absolute Gasteiger partial charge is 0.366 e. The van der Waals surface area contributed by atoms with Gasteiger partial charge in [0.15, 0.2) is 0 Å². The summed E-state index contributed by atoms with van der Waals surface area (Å²) in [5.74, 6) is 0.859. The van der Waals surface area contributed by atoms with Gasteiger partial charge in [-0.3, -0.25) is 0 Å². The molecule has 0 spiro atoms. The van der Waals surface area contributed by atoms with Gasteiger partial charge < -0.3 is 5.32 Å². The molecule has 1 aliphatic carbocycles. The van der Waals surface area contributed by atoms with Crippen LogP contribution in [0.25, 0.3) is 0 Å². The van der Waals surface area contributed by atoms with E-state index in [4.69, 9.17) is 11.6 Å². The Hall–Kier alpha value is -0.100. The SMILES string of the molecule is Clc1ncc(I)c(NC2CC2)n1. The number of hydrogen-bond acceptors (Lipinski definition) is 3. The summed E-state index contributed by atoms with van der Waals surface area (Å²) < 4.78 is 1.02. The molecule has 0 unspecified atom stereocenters. The third-order valence-corrected chi connectivity index (χ3v) is 2.60. The molecule has 1 aromatic heterocycles. The monoisotopic (exact) mass is 295 g/mol. The summed E-state index contributed by atoms with van der Waals surface area (Å²) in [6.07, 6.45) is 4.19. The topological polar surface area (TPSA) is 37.8 Å². The van der Waals surface area contributed by atoms with Crippen molar-refractivity contribution in [1.82, 2.24) is 9.97 Å². The minimum atomic E-state index is 0.304. The maximum atomic E-state index is 5.66. The normalized spacial score (nSPS) is 16.2. The average Bonchev–Trinajstić information content (AvgIpc) is 2.81. The smallest absolute Gasteiger partial charge is 0.224 e. The lowest BCUT2D eigenvalue weighted by molar-refractivity contribution is 1.07. The Morgan fingerprint density at radius 2 is 2.33 bits per heavy atom. The predicted molar refractivity (Wildman–Crippen MR) is 56.4 cm³/mol. The van der Waals surface area contributed by atoms with Crippen LogP contribution in [0.15, 0.2) is 6.20 Å². The van der Waals surface area contributed by atoms with Gasteiger partial charge in [0.05, 0.1) is 3.57 Å². The molecule has 1 aromatic rings. The molecule has 3 nitrogen and oxygen atoms in total. The van der Waals surface area contributed by atoms with Crippen LogP contribution >= 0.6 is 34.2 Å². The van der Waals surface area contributed by atoms with E-state index < -0.39 is 0 Å². The van der Waals surface area contributed by atoms with Crippen LogP contribution in [0.2, 0.25) is 5.28 Å². The first-order valence-electron chi connectivity index (χ1n) is 3.70. The van der Waals surface area contributed by atoms with Crippen LogP contribution in [0.3, 0.4) is 0 Å². The minimum Gasteiger partial charge on any atom is -0.366 e. The highest BCUT2D eigenvalue weighted by Gasteiger charge is 2.22. The van der Waals surface area contributed by atoms with Crippen LogP contribution in [0, 0.1) is 3.57 Å². The molecule has 0 amide bonds. The van der Waals surface area contributed by atoms with E-state index in [0.29, 0.717) is 11.3 Å². The van der Waals surface area contributed by atoms with Crippen molar-refractivity contribution in [3.8, 4) is 0 Å². The van der Waals surface area contributed by atoms with Gasteiger partial charge in [-0.15, -0.1) is 0 Å². The van der Waals surface area contributed by atoms with Crippen LogP contribution in [0.5, 0.6) is 0 Å². The van der Waals surface area contributed by atoms with Gasteiger partial charge in [-0.05, 0) is 47.0 Å². The molecular formula is C7H7ClIN3. The molecule has 0 bridgehead atoms. The number of halogens is 2. The highest BCUT2D eigenvalue weighted by atomic mass is 127. The molecule has 0 radical (unpaired) electrons. The molecule has 1 saturated carbocycles. The zero-order chi connectivity index (χ0) is 8.55. The molecule has 0 atom stereocenters. The second kappa shape index (κ2) is 3.33. The van der Waals surface area contributed by atoms with Crippen molar-refractivity contribution in [1.29, 1.82) is 0 Å². The lowest BCUT2D eigenvalue weighted by atomic mass is 10.5. The van der Waals surface area contributed by atoms with Crippen LogP contribution in [0.4, 0.5) is 5.82 Å². The fraction of sp³-hybridized carbons (Fsp3) is 0.429. The van der Waals surface area contributed by atoms with Crippen molar-refractivity contribution in [3.63, 3.8) is 0 Å². The van der Waals surface area contributed by atoms with Gasteiger partial charge in [0, 0.05) is 12.2 Å². The summed E-state index contributed by atoms with van der Waals surface area (Å²) in [5.41, 5.74) is 0. The third-order valence-electron chi connectivity index (χ3n) is 1.63. The van der Waals surface area contributed by atoms with Gasteiger partial charge in [-0.1, -0.05) is 0 Å². The Balaban J connectivity index is 2.21. The fourth-order valence-electron chi connectivity index (χ4n) is 0.868. The maximum absolute atomic E-state index is 5.66. The Morgan fingerprint density at radius 3 is 3.00 bits per heavy atom. The first-order chi connectivity index (χ1) is 5.75. The molecule has 2 rings (SSSR count). The number of nitrogens with zero attached hydrogens (tertiary/aromatic N) is 2. The van der Waals surface area contributed by atoms with E-state index in [-0.39, 0.29) is 0 Å². The molecule has 1 heterocycles. The first kappa shape index (κ1) is 8.50. The summed E-state index contributed by atoms with van der Waals surface area (Å²) in [6, 6.07) is 0.601. The maximum Gasteiger partial charge on any atom is 0.224 e. The number of nitrogens with one attached hydrogen (secondary N) is 1. The third kappa shape index (κ3) is 1.98. The zero-order valence-electron chi connectivity index (χ0n) is 6.22. The summed E-state index contributed by atoms with van der Waals surface area (Å²) >= 11 is 7.85. The number of hydrogen-bond donors (Lipinski definition) is 1. The lowest BCUT2D eigenvalue weighted by Crippen LogP contribution is -2.05. The van der Waals surface area contributed by atoms with Crippen LogP contribution < -0.4 is 5.32 Å². The molecule has 5 heteroatoms.